The van der Waals surface area contributed by atoms with E-state index in [0.717, 1.165) is 24.0 Å². The zero-order valence-corrected chi connectivity index (χ0v) is 24.3. The molecule has 0 unspecified atom stereocenters. The van der Waals surface area contributed by atoms with Crippen LogP contribution in [0.2, 0.25) is 0 Å². The number of ether oxygens (including phenoxy) is 1. The molecule has 4 N–H and O–H groups in total. The molecular formula is C31H43N3O6. The molecule has 0 aliphatic carbocycles. The van der Waals surface area contributed by atoms with Crippen LogP contribution in [0.5, 0.6) is 0 Å². The number of aryl methyl sites for hydroxylation is 1. The molecule has 0 saturated carbocycles. The molecule has 0 radical (unpaired) electrons. The lowest BCUT2D eigenvalue weighted by Crippen LogP contribution is -2.52. The van der Waals surface area contributed by atoms with E-state index in [2.05, 4.69) is 47.1 Å². The molecule has 0 saturated heterocycles. The van der Waals surface area contributed by atoms with E-state index in [9.17, 15) is 24.3 Å². The van der Waals surface area contributed by atoms with Crippen LogP contribution >= 0.6 is 0 Å². The fraction of sp³-hybridized carbons (Fsp3) is 0.484. The summed E-state index contributed by atoms with van der Waals surface area (Å²) in [6.07, 6.45) is 2.73. The number of alkyl carbamates (subject to hydrolysis) is 1. The molecule has 0 fully saturated rings. The Hall–Kier alpha value is -3.88. The van der Waals surface area contributed by atoms with Crippen LogP contribution in [0.25, 0.3) is 11.1 Å². The molecule has 9 heteroatoms. The second-order valence-electron chi connectivity index (χ2n) is 11.1. The van der Waals surface area contributed by atoms with Gasteiger partial charge in [-0.2, -0.15) is 0 Å². The van der Waals surface area contributed by atoms with Gasteiger partial charge in [0, 0.05) is 25.1 Å². The molecule has 2 aromatic rings. The smallest absolute Gasteiger partial charge is 0.407 e. The number of nitrogens with one attached hydrogen (secondary N) is 3. The maximum Gasteiger partial charge on any atom is 0.407 e. The molecule has 40 heavy (non-hydrogen) atoms. The number of hydrogen-bond donors (Lipinski definition) is 4. The van der Waals surface area contributed by atoms with Gasteiger partial charge in [-0.05, 0) is 82.2 Å². The average Bonchev–Trinajstić information content (AvgIpc) is 2.88. The van der Waals surface area contributed by atoms with Crippen LogP contribution in [0.15, 0.2) is 48.5 Å². The number of carboxylic acid groups (broad SMARTS) is 1. The molecule has 0 aliphatic heterocycles. The molecule has 0 aromatic heterocycles. The van der Waals surface area contributed by atoms with Crippen molar-refractivity contribution in [3.05, 3.63) is 59.7 Å². The summed E-state index contributed by atoms with van der Waals surface area (Å²) >= 11 is 0. The summed E-state index contributed by atoms with van der Waals surface area (Å²) in [6, 6.07) is 15.6. The van der Waals surface area contributed by atoms with Gasteiger partial charge in [0.25, 0.3) is 5.91 Å². The Morgan fingerprint density at radius 3 is 1.98 bits per heavy atom. The summed E-state index contributed by atoms with van der Waals surface area (Å²) in [5.41, 5.74) is 1.79. The Bertz CT molecular complexity index is 1140. The van der Waals surface area contributed by atoms with Crippen LogP contribution in [0.4, 0.5) is 4.79 Å². The van der Waals surface area contributed by atoms with Gasteiger partial charge in [0.15, 0.2) is 0 Å². The first kappa shape index (κ1) is 32.3. The molecule has 0 spiro atoms. The minimum Gasteiger partial charge on any atom is -0.480 e. The number of aliphatic carboxylic acids is 1. The molecule has 2 aromatic carbocycles. The van der Waals surface area contributed by atoms with Crippen molar-refractivity contribution in [3.8, 4) is 11.1 Å². The summed E-state index contributed by atoms with van der Waals surface area (Å²) < 4.78 is 5.16. The first-order chi connectivity index (χ1) is 18.8. The SMILES string of the molecule is CCCc1ccc(-c2ccc(C(=O)NCCC(=O)N[C@@](C)(CCCCNC(=O)OC(C)(C)C)C(=O)O)cc2)cc1. The van der Waals surface area contributed by atoms with E-state index in [0.29, 0.717) is 24.9 Å². The Morgan fingerprint density at radius 1 is 0.825 bits per heavy atom. The number of unbranched alkanes of at least 4 members (excludes halogenated alkanes) is 1. The predicted octanol–water partition coefficient (Wildman–Crippen LogP) is 5.08. The lowest BCUT2D eigenvalue weighted by atomic mass is 9.94. The van der Waals surface area contributed by atoms with Crippen LogP contribution in [-0.4, -0.2) is 53.2 Å². The number of benzene rings is 2. The Kier molecular flexibility index (Phi) is 12.2. The van der Waals surface area contributed by atoms with E-state index in [-0.39, 0.29) is 25.3 Å². The lowest BCUT2D eigenvalue weighted by molar-refractivity contribution is -0.147. The highest BCUT2D eigenvalue weighted by Gasteiger charge is 2.34. The predicted molar refractivity (Wildman–Crippen MR) is 155 cm³/mol. The van der Waals surface area contributed by atoms with Gasteiger partial charge in [0.2, 0.25) is 5.91 Å². The summed E-state index contributed by atoms with van der Waals surface area (Å²) in [5.74, 6) is -1.93. The number of carbonyl (C=O) groups is 4. The van der Waals surface area contributed by atoms with Gasteiger partial charge in [-0.15, -0.1) is 0 Å². The van der Waals surface area contributed by atoms with Crippen molar-refractivity contribution in [2.24, 2.45) is 0 Å². The average molecular weight is 554 g/mol. The molecular weight excluding hydrogens is 510 g/mol. The van der Waals surface area contributed by atoms with Crippen molar-refractivity contribution in [1.82, 2.24) is 16.0 Å². The van der Waals surface area contributed by atoms with Crippen LogP contribution in [0.1, 0.15) is 82.6 Å². The minimum atomic E-state index is -1.46. The van der Waals surface area contributed by atoms with Crippen LogP contribution in [0, 0.1) is 0 Å². The molecule has 0 aliphatic rings. The molecule has 9 nitrogen and oxygen atoms in total. The van der Waals surface area contributed by atoms with Crippen molar-refractivity contribution < 1.29 is 29.0 Å². The van der Waals surface area contributed by atoms with Gasteiger partial charge in [-0.3, -0.25) is 9.59 Å². The standard InChI is InChI=1S/C31H43N3O6/c1-6-9-22-10-12-23(13-11-22)24-14-16-25(17-15-24)27(36)32-21-18-26(35)34-31(5,28(37)38)19-7-8-20-33-29(39)40-30(2,3)4/h10-17H,6-9,18-21H2,1-5H3,(H,32,36)(H,33,39)(H,34,35)(H,37,38)/t31-/m0/s1. The van der Waals surface area contributed by atoms with Crippen LogP contribution in [-0.2, 0) is 20.7 Å². The highest BCUT2D eigenvalue weighted by atomic mass is 16.6. The first-order valence-electron chi connectivity index (χ1n) is 13.8. The third-order valence-electron chi connectivity index (χ3n) is 6.27. The Labute approximate surface area is 237 Å². The van der Waals surface area contributed by atoms with Gasteiger partial charge in [0.05, 0.1) is 0 Å². The monoisotopic (exact) mass is 553 g/mol. The number of hydrogen-bond acceptors (Lipinski definition) is 5. The summed E-state index contributed by atoms with van der Waals surface area (Å²) in [5, 5.41) is 17.6. The third-order valence-corrected chi connectivity index (χ3v) is 6.27. The summed E-state index contributed by atoms with van der Waals surface area (Å²) in [6.45, 7) is 9.30. The van der Waals surface area contributed by atoms with Gasteiger partial charge in [0.1, 0.15) is 11.1 Å². The Morgan fingerprint density at radius 2 is 1.43 bits per heavy atom. The molecule has 0 heterocycles. The fourth-order valence-electron chi connectivity index (χ4n) is 4.06. The highest BCUT2D eigenvalue weighted by molar-refractivity contribution is 5.95. The van der Waals surface area contributed by atoms with Crippen molar-refractivity contribution in [3.63, 3.8) is 0 Å². The van der Waals surface area contributed by atoms with E-state index in [1.54, 1.807) is 32.9 Å². The summed E-state index contributed by atoms with van der Waals surface area (Å²) in [4.78, 5) is 48.5. The van der Waals surface area contributed by atoms with E-state index in [4.69, 9.17) is 4.74 Å². The normalized spacial score (nSPS) is 12.6. The third kappa shape index (κ3) is 11.1. The number of carboxylic acids is 1. The van der Waals surface area contributed by atoms with Crippen molar-refractivity contribution >= 4 is 23.9 Å². The Balaban J connectivity index is 1.76. The summed E-state index contributed by atoms with van der Waals surface area (Å²) in [7, 11) is 0. The lowest BCUT2D eigenvalue weighted by Gasteiger charge is -2.26. The molecule has 2 rings (SSSR count). The highest BCUT2D eigenvalue weighted by Crippen LogP contribution is 2.21. The van der Waals surface area contributed by atoms with Crippen molar-refractivity contribution in [2.75, 3.05) is 13.1 Å². The maximum atomic E-state index is 12.5. The van der Waals surface area contributed by atoms with E-state index in [1.165, 1.54) is 12.5 Å². The minimum absolute atomic E-state index is 0.0585. The van der Waals surface area contributed by atoms with E-state index in [1.807, 2.05) is 12.1 Å². The number of carbonyl (C=O) groups excluding carboxylic acids is 3. The van der Waals surface area contributed by atoms with Crippen LogP contribution in [0.3, 0.4) is 0 Å². The van der Waals surface area contributed by atoms with Gasteiger partial charge in [-0.1, -0.05) is 49.7 Å². The first-order valence-corrected chi connectivity index (χ1v) is 13.8. The largest absolute Gasteiger partial charge is 0.480 e. The van der Waals surface area contributed by atoms with E-state index >= 15 is 0 Å². The molecule has 1 atom stereocenters. The maximum absolute atomic E-state index is 12.5. The number of amides is 3. The number of rotatable bonds is 14. The van der Waals surface area contributed by atoms with Crippen molar-refractivity contribution in [1.29, 1.82) is 0 Å². The van der Waals surface area contributed by atoms with Gasteiger partial charge >= 0.3 is 12.1 Å². The second kappa shape index (κ2) is 15.1. The molecule has 218 valence electrons. The quantitative estimate of drug-likeness (QED) is 0.241. The van der Waals surface area contributed by atoms with Gasteiger partial charge < -0.3 is 25.8 Å². The molecule has 0 bridgehead atoms. The van der Waals surface area contributed by atoms with E-state index < -0.39 is 29.1 Å². The topological polar surface area (TPSA) is 134 Å². The fourth-order valence-corrected chi connectivity index (χ4v) is 4.06. The second-order valence-corrected chi connectivity index (χ2v) is 11.1. The molecule has 3 amide bonds. The van der Waals surface area contributed by atoms with Crippen molar-refractivity contribution in [2.45, 2.75) is 84.3 Å². The van der Waals surface area contributed by atoms with Crippen LogP contribution < -0.4 is 16.0 Å². The zero-order valence-electron chi connectivity index (χ0n) is 24.3. The zero-order chi connectivity index (χ0) is 29.8. The van der Waals surface area contributed by atoms with Gasteiger partial charge in [-0.25, -0.2) is 9.59 Å².